The van der Waals surface area contributed by atoms with Crippen molar-refractivity contribution in [3.8, 4) is 0 Å². The number of likely N-dealkylation sites (N-methyl/N-ethyl adjacent to an activating group) is 1. The highest BCUT2D eigenvalue weighted by molar-refractivity contribution is 5.95. The number of hydrogen-bond donors (Lipinski definition) is 3. The fourth-order valence-corrected chi connectivity index (χ4v) is 4.35. The standard InChI is InChI=1S/C25H36N4O3/c1-16(26-5)22(30)28-21(25(2,3)4)24(32)29-15-9-14-20(29)23(31)27-19-13-8-11-17-10-6-7-12-18(17)19/h6-7,9-10,12,14,16,19-21,26H,8,11,13,15H2,1-5H3,(H,27,31)(H,28,30). The molecular formula is C25H36N4O3. The Labute approximate surface area is 191 Å². The molecule has 4 atom stereocenters. The van der Waals surface area contributed by atoms with E-state index in [-0.39, 0.29) is 23.8 Å². The molecule has 0 fully saturated rings. The second-order valence-electron chi connectivity index (χ2n) is 9.83. The maximum absolute atomic E-state index is 13.5. The summed E-state index contributed by atoms with van der Waals surface area (Å²) >= 11 is 0. The van der Waals surface area contributed by atoms with E-state index >= 15 is 0 Å². The lowest BCUT2D eigenvalue weighted by molar-refractivity contribution is -0.143. The van der Waals surface area contributed by atoms with E-state index in [1.807, 2.05) is 39.0 Å². The lowest BCUT2D eigenvalue weighted by Crippen LogP contribution is -2.59. The zero-order chi connectivity index (χ0) is 23.5. The summed E-state index contributed by atoms with van der Waals surface area (Å²) < 4.78 is 0. The summed E-state index contributed by atoms with van der Waals surface area (Å²) in [6.45, 7) is 7.84. The average Bonchev–Trinajstić information content (AvgIpc) is 3.26. The van der Waals surface area contributed by atoms with Gasteiger partial charge >= 0.3 is 0 Å². The van der Waals surface area contributed by atoms with Gasteiger partial charge in [-0.1, -0.05) is 57.2 Å². The van der Waals surface area contributed by atoms with Crippen molar-refractivity contribution in [3.05, 3.63) is 47.5 Å². The highest BCUT2D eigenvalue weighted by Gasteiger charge is 2.41. The number of benzene rings is 1. The van der Waals surface area contributed by atoms with E-state index in [0.717, 1.165) is 24.8 Å². The first kappa shape index (κ1) is 24.0. The molecular weight excluding hydrogens is 404 g/mol. The van der Waals surface area contributed by atoms with Gasteiger partial charge in [0.05, 0.1) is 12.1 Å². The van der Waals surface area contributed by atoms with Crippen molar-refractivity contribution in [1.82, 2.24) is 20.9 Å². The second-order valence-corrected chi connectivity index (χ2v) is 9.83. The monoisotopic (exact) mass is 440 g/mol. The van der Waals surface area contributed by atoms with Gasteiger partial charge in [0.25, 0.3) is 0 Å². The third-order valence-corrected chi connectivity index (χ3v) is 6.42. The van der Waals surface area contributed by atoms with E-state index in [2.05, 4.69) is 28.1 Å². The number of rotatable bonds is 6. The second kappa shape index (κ2) is 9.86. The highest BCUT2D eigenvalue weighted by atomic mass is 16.2. The largest absolute Gasteiger partial charge is 0.347 e. The van der Waals surface area contributed by atoms with Gasteiger partial charge in [0, 0.05) is 6.54 Å². The van der Waals surface area contributed by atoms with Gasteiger partial charge in [-0.15, -0.1) is 0 Å². The lowest BCUT2D eigenvalue weighted by Gasteiger charge is -2.36. The van der Waals surface area contributed by atoms with Gasteiger partial charge in [0.15, 0.2) is 0 Å². The molecule has 0 saturated heterocycles. The summed E-state index contributed by atoms with van der Waals surface area (Å²) in [5.74, 6) is -0.674. The summed E-state index contributed by atoms with van der Waals surface area (Å²) in [6.07, 6.45) is 6.55. The number of amides is 3. The van der Waals surface area contributed by atoms with E-state index in [1.165, 1.54) is 5.56 Å². The first-order valence-electron chi connectivity index (χ1n) is 11.5. The molecule has 1 aliphatic carbocycles. The Morgan fingerprint density at radius 1 is 1.16 bits per heavy atom. The molecule has 2 aliphatic rings. The van der Waals surface area contributed by atoms with Crippen LogP contribution < -0.4 is 16.0 Å². The van der Waals surface area contributed by atoms with Gasteiger partial charge in [-0.2, -0.15) is 0 Å². The number of nitrogens with zero attached hydrogens (tertiary/aromatic N) is 1. The molecule has 0 radical (unpaired) electrons. The molecule has 0 aromatic heterocycles. The SMILES string of the molecule is CNC(C)C(=O)NC(C(=O)N1CC=CC1C(=O)NC1CCCc2ccccc21)C(C)(C)C. The molecule has 3 N–H and O–H groups in total. The Bertz CT molecular complexity index is 889. The van der Waals surface area contributed by atoms with Crippen molar-refractivity contribution in [1.29, 1.82) is 0 Å². The smallest absolute Gasteiger partial charge is 0.247 e. The topological polar surface area (TPSA) is 90.5 Å². The van der Waals surface area contributed by atoms with Crippen LogP contribution in [0.4, 0.5) is 0 Å². The van der Waals surface area contributed by atoms with E-state index in [1.54, 1.807) is 24.9 Å². The summed E-state index contributed by atoms with van der Waals surface area (Å²) in [5.41, 5.74) is 1.92. The molecule has 1 aromatic carbocycles. The number of carbonyl (C=O) groups excluding carboxylic acids is 3. The first-order valence-corrected chi connectivity index (χ1v) is 11.5. The third-order valence-electron chi connectivity index (χ3n) is 6.42. The van der Waals surface area contributed by atoms with E-state index in [0.29, 0.717) is 6.54 Å². The quantitative estimate of drug-likeness (QED) is 0.591. The molecule has 1 aromatic rings. The van der Waals surface area contributed by atoms with Crippen LogP contribution in [0.25, 0.3) is 0 Å². The third kappa shape index (κ3) is 5.21. The number of nitrogens with one attached hydrogen (secondary N) is 3. The molecule has 7 heteroatoms. The minimum absolute atomic E-state index is 0.0482. The van der Waals surface area contributed by atoms with E-state index in [9.17, 15) is 14.4 Å². The van der Waals surface area contributed by atoms with Gasteiger partial charge in [0.1, 0.15) is 12.1 Å². The van der Waals surface area contributed by atoms with Crippen LogP contribution in [-0.4, -0.2) is 54.3 Å². The van der Waals surface area contributed by atoms with Crippen LogP contribution in [0.5, 0.6) is 0 Å². The van der Waals surface area contributed by atoms with Crippen LogP contribution >= 0.6 is 0 Å². The van der Waals surface area contributed by atoms with Gasteiger partial charge in [-0.05, 0) is 49.8 Å². The Hall–Kier alpha value is -2.67. The van der Waals surface area contributed by atoms with Crippen LogP contribution in [0.1, 0.15) is 57.7 Å². The van der Waals surface area contributed by atoms with Crippen LogP contribution in [0, 0.1) is 5.41 Å². The Balaban J connectivity index is 1.74. The van der Waals surface area contributed by atoms with Crippen LogP contribution in [-0.2, 0) is 20.8 Å². The predicted octanol–water partition coefficient (Wildman–Crippen LogP) is 2.09. The van der Waals surface area contributed by atoms with Crippen LogP contribution in [0.3, 0.4) is 0 Å². The Morgan fingerprint density at radius 3 is 2.56 bits per heavy atom. The molecule has 32 heavy (non-hydrogen) atoms. The summed E-state index contributed by atoms with van der Waals surface area (Å²) in [4.78, 5) is 40.8. The van der Waals surface area contributed by atoms with Gasteiger partial charge in [-0.25, -0.2) is 0 Å². The van der Waals surface area contributed by atoms with Crippen molar-refractivity contribution in [2.45, 2.75) is 71.1 Å². The molecule has 7 nitrogen and oxygen atoms in total. The molecule has 0 saturated carbocycles. The van der Waals surface area contributed by atoms with Gasteiger partial charge < -0.3 is 20.9 Å². The minimum atomic E-state index is -0.739. The first-order chi connectivity index (χ1) is 15.1. The zero-order valence-corrected chi connectivity index (χ0v) is 19.8. The fourth-order valence-electron chi connectivity index (χ4n) is 4.35. The molecule has 174 valence electrons. The number of aryl methyl sites for hydroxylation is 1. The van der Waals surface area contributed by atoms with E-state index in [4.69, 9.17) is 0 Å². The lowest BCUT2D eigenvalue weighted by atomic mass is 9.85. The summed E-state index contributed by atoms with van der Waals surface area (Å²) in [7, 11) is 1.70. The Morgan fingerprint density at radius 2 is 1.88 bits per heavy atom. The zero-order valence-electron chi connectivity index (χ0n) is 19.8. The normalized spacial score (nSPS) is 22.1. The summed E-state index contributed by atoms with van der Waals surface area (Å²) in [6, 6.07) is 6.32. The highest BCUT2D eigenvalue weighted by Crippen LogP contribution is 2.30. The van der Waals surface area contributed by atoms with Crippen molar-refractivity contribution in [3.63, 3.8) is 0 Å². The fraction of sp³-hybridized carbons (Fsp3) is 0.560. The number of hydrogen-bond acceptors (Lipinski definition) is 4. The average molecular weight is 441 g/mol. The van der Waals surface area contributed by atoms with Crippen molar-refractivity contribution < 1.29 is 14.4 Å². The molecule has 3 rings (SSSR count). The molecule has 3 amide bonds. The summed E-state index contributed by atoms with van der Waals surface area (Å²) in [5, 5.41) is 8.95. The van der Waals surface area contributed by atoms with Gasteiger partial charge in [-0.3, -0.25) is 14.4 Å². The molecule has 1 aliphatic heterocycles. The maximum Gasteiger partial charge on any atom is 0.247 e. The van der Waals surface area contributed by atoms with Crippen molar-refractivity contribution in [2.75, 3.05) is 13.6 Å². The molecule has 0 bridgehead atoms. The van der Waals surface area contributed by atoms with Crippen molar-refractivity contribution in [2.24, 2.45) is 5.41 Å². The molecule has 1 heterocycles. The van der Waals surface area contributed by atoms with Gasteiger partial charge in [0.2, 0.25) is 17.7 Å². The Kier molecular flexibility index (Phi) is 7.39. The number of carbonyl (C=O) groups is 3. The van der Waals surface area contributed by atoms with Crippen molar-refractivity contribution >= 4 is 17.7 Å². The minimum Gasteiger partial charge on any atom is -0.347 e. The predicted molar refractivity (Wildman–Crippen MR) is 125 cm³/mol. The number of fused-ring (bicyclic) bond motifs is 1. The van der Waals surface area contributed by atoms with E-state index < -0.39 is 23.5 Å². The molecule has 4 unspecified atom stereocenters. The van der Waals surface area contributed by atoms with Crippen LogP contribution in [0.2, 0.25) is 0 Å². The maximum atomic E-state index is 13.5. The van der Waals surface area contributed by atoms with Crippen LogP contribution in [0.15, 0.2) is 36.4 Å². The molecule has 0 spiro atoms.